The zero-order chi connectivity index (χ0) is 12.9. The maximum atomic E-state index is 14.1. The van der Waals surface area contributed by atoms with E-state index in [2.05, 4.69) is 0 Å². The third kappa shape index (κ3) is 1.87. The molecule has 0 aliphatic heterocycles. The quantitative estimate of drug-likeness (QED) is 0.841. The Hall–Kier alpha value is -0.890. The molecule has 2 fully saturated rings. The lowest BCUT2D eigenvalue weighted by atomic mass is 9.96. The summed E-state index contributed by atoms with van der Waals surface area (Å²) in [6.45, 7) is 3.80. The van der Waals surface area contributed by atoms with Gasteiger partial charge in [0.2, 0.25) is 0 Å². The van der Waals surface area contributed by atoms with Gasteiger partial charge < -0.3 is 5.11 Å². The summed E-state index contributed by atoms with van der Waals surface area (Å²) in [5.41, 5.74) is 2.36. The number of aliphatic hydroxyl groups excluding tert-OH is 1. The summed E-state index contributed by atoms with van der Waals surface area (Å²) >= 11 is 0. The number of rotatable bonds is 2. The molecule has 0 aromatic heterocycles. The van der Waals surface area contributed by atoms with Crippen LogP contribution >= 0.6 is 0 Å². The minimum atomic E-state index is -0.598. The van der Waals surface area contributed by atoms with Crippen LogP contribution in [0.25, 0.3) is 0 Å². The molecule has 3 rings (SSSR count). The molecule has 0 heterocycles. The predicted molar refractivity (Wildman–Crippen MR) is 69.8 cm³/mol. The smallest absolute Gasteiger partial charge is 0.129 e. The first-order valence-electron chi connectivity index (χ1n) is 7.04. The Bertz CT molecular complexity index is 433. The summed E-state index contributed by atoms with van der Waals surface area (Å²) in [7, 11) is 0. The molecular weight excluding hydrogens is 227 g/mol. The third-order valence-electron chi connectivity index (χ3n) is 4.86. The summed E-state index contributed by atoms with van der Waals surface area (Å²) in [4.78, 5) is 0. The van der Waals surface area contributed by atoms with E-state index >= 15 is 0 Å². The van der Waals surface area contributed by atoms with Crippen molar-refractivity contribution in [2.75, 3.05) is 0 Å². The number of hydrogen-bond acceptors (Lipinski definition) is 1. The van der Waals surface area contributed by atoms with Gasteiger partial charge in [-0.05, 0) is 61.6 Å². The van der Waals surface area contributed by atoms with E-state index in [0.29, 0.717) is 23.3 Å². The van der Waals surface area contributed by atoms with Crippen LogP contribution in [0.3, 0.4) is 0 Å². The molecule has 1 nitrogen and oxygen atoms in total. The fourth-order valence-electron chi connectivity index (χ4n) is 4.01. The second kappa shape index (κ2) is 4.34. The first-order chi connectivity index (χ1) is 8.59. The van der Waals surface area contributed by atoms with Gasteiger partial charge in [-0.15, -0.1) is 0 Å². The van der Waals surface area contributed by atoms with Crippen LogP contribution in [0.4, 0.5) is 4.39 Å². The van der Waals surface area contributed by atoms with E-state index in [1.165, 1.54) is 31.7 Å². The molecule has 2 aliphatic rings. The summed E-state index contributed by atoms with van der Waals surface area (Å²) in [5, 5.41) is 10.5. The van der Waals surface area contributed by atoms with Gasteiger partial charge in [-0.2, -0.15) is 0 Å². The number of halogens is 1. The van der Waals surface area contributed by atoms with Crippen molar-refractivity contribution in [3.63, 3.8) is 0 Å². The number of hydrogen-bond donors (Lipinski definition) is 1. The summed E-state index contributed by atoms with van der Waals surface area (Å²) in [6.07, 6.45) is 4.40. The van der Waals surface area contributed by atoms with Crippen LogP contribution in [0.1, 0.15) is 48.5 Å². The minimum absolute atomic E-state index is 0.233. The summed E-state index contributed by atoms with van der Waals surface area (Å²) in [5.74, 6) is 1.37. The third-order valence-corrected chi connectivity index (χ3v) is 4.86. The summed E-state index contributed by atoms with van der Waals surface area (Å²) < 4.78 is 14.1. The first kappa shape index (κ1) is 12.2. The van der Waals surface area contributed by atoms with Crippen molar-refractivity contribution in [2.24, 2.45) is 17.8 Å². The van der Waals surface area contributed by atoms with E-state index in [1.807, 2.05) is 19.9 Å². The number of benzene rings is 1. The molecule has 2 heteroatoms. The molecular formula is C16H21FO. The first-order valence-corrected chi connectivity index (χ1v) is 7.04. The highest BCUT2D eigenvalue weighted by molar-refractivity contribution is 5.35. The van der Waals surface area contributed by atoms with E-state index in [1.54, 1.807) is 0 Å². The maximum absolute atomic E-state index is 14.1. The average Bonchev–Trinajstić information content (AvgIpc) is 3.01. The van der Waals surface area contributed by atoms with Gasteiger partial charge in [-0.3, -0.25) is 0 Å². The maximum Gasteiger partial charge on any atom is 0.129 e. The monoisotopic (exact) mass is 248 g/mol. The van der Waals surface area contributed by atoms with Crippen molar-refractivity contribution in [1.29, 1.82) is 0 Å². The number of fused-ring (bicyclic) bond motifs is 1. The molecule has 0 saturated heterocycles. The molecule has 18 heavy (non-hydrogen) atoms. The standard InChI is InChI=1S/C16H21FO/c1-9-7-10(2)14(13(17)8-9)16(18)15-11-5-3-4-6-12(11)15/h7-8,11-12,15-16,18H,3-6H2,1-2H3. The van der Waals surface area contributed by atoms with E-state index in [-0.39, 0.29) is 5.82 Å². The minimum Gasteiger partial charge on any atom is -0.388 e. The normalized spacial score (nSPS) is 31.9. The number of aryl methyl sites for hydroxylation is 2. The van der Waals surface area contributed by atoms with Crippen LogP contribution in [0.2, 0.25) is 0 Å². The Morgan fingerprint density at radius 3 is 2.33 bits per heavy atom. The van der Waals surface area contributed by atoms with Crippen molar-refractivity contribution in [1.82, 2.24) is 0 Å². The van der Waals surface area contributed by atoms with Crippen LogP contribution in [-0.4, -0.2) is 5.11 Å². The lowest BCUT2D eigenvalue weighted by molar-refractivity contribution is 0.137. The molecule has 98 valence electrons. The van der Waals surface area contributed by atoms with E-state index in [9.17, 15) is 9.50 Å². The SMILES string of the molecule is Cc1cc(C)c(C(O)C2C3CCCCC32)c(F)c1. The molecule has 1 aromatic rings. The Morgan fingerprint density at radius 2 is 1.78 bits per heavy atom. The van der Waals surface area contributed by atoms with E-state index in [0.717, 1.165) is 11.1 Å². The molecule has 3 atom stereocenters. The van der Waals surface area contributed by atoms with Gasteiger partial charge in [0.05, 0.1) is 6.10 Å². The number of aliphatic hydroxyl groups is 1. The Balaban J connectivity index is 1.87. The van der Waals surface area contributed by atoms with E-state index < -0.39 is 6.10 Å². The van der Waals surface area contributed by atoms with Crippen LogP contribution in [-0.2, 0) is 0 Å². The van der Waals surface area contributed by atoms with Crippen molar-refractivity contribution >= 4 is 0 Å². The van der Waals surface area contributed by atoms with Crippen LogP contribution in [0, 0.1) is 37.4 Å². The highest BCUT2D eigenvalue weighted by atomic mass is 19.1. The molecule has 0 bridgehead atoms. The van der Waals surface area contributed by atoms with Gasteiger partial charge in [0.15, 0.2) is 0 Å². The Labute approximate surface area is 108 Å². The average molecular weight is 248 g/mol. The topological polar surface area (TPSA) is 20.2 Å². The van der Waals surface area contributed by atoms with Gasteiger partial charge >= 0.3 is 0 Å². The van der Waals surface area contributed by atoms with Crippen molar-refractivity contribution in [3.05, 3.63) is 34.6 Å². The Morgan fingerprint density at radius 1 is 1.17 bits per heavy atom. The summed E-state index contributed by atoms with van der Waals surface area (Å²) in [6, 6.07) is 3.51. The molecule has 2 aliphatic carbocycles. The second-order valence-corrected chi connectivity index (χ2v) is 6.11. The highest BCUT2D eigenvalue weighted by Gasteiger charge is 2.54. The molecule has 3 unspecified atom stereocenters. The lowest BCUT2D eigenvalue weighted by Gasteiger charge is -2.15. The van der Waals surface area contributed by atoms with Gasteiger partial charge in [-0.25, -0.2) is 4.39 Å². The van der Waals surface area contributed by atoms with Crippen LogP contribution in [0.5, 0.6) is 0 Å². The van der Waals surface area contributed by atoms with E-state index in [4.69, 9.17) is 0 Å². The predicted octanol–water partition coefficient (Wildman–Crippen LogP) is 3.91. The largest absolute Gasteiger partial charge is 0.388 e. The zero-order valence-electron chi connectivity index (χ0n) is 11.1. The van der Waals surface area contributed by atoms with Crippen LogP contribution in [0.15, 0.2) is 12.1 Å². The van der Waals surface area contributed by atoms with Crippen LogP contribution < -0.4 is 0 Å². The Kier molecular flexibility index (Phi) is 2.93. The van der Waals surface area contributed by atoms with Gasteiger partial charge in [0, 0.05) is 5.56 Å². The van der Waals surface area contributed by atoms with Crippen molar-refractivity contribution in [3.8, 4) is 0 Å². The van der Waals surface area contributed by atoms with Gasteiger partial charge in [0.25, 0.3) is 0 Å². The molecule has 1 aromatic carbocycles. The lowest BCUT2D eigenvalue weighted by Crippen LogP contribution is -2.08. The van der Waals surface area contributed by atoms with Gasteiger partial charge in [-0.1, -0.05) is 18.9 Å². The molecule has 0 amide bonds. The molecule has 0 spiro atoms. The second-order valence-electron chi connectivity index (χ2n) is 6.11. The zero-order valence-corrected chi connectivity index (χ0v) is 11.1. The fourth-order valence-corrected chi connectivity index (χ4v) is 4.01. The molecule has 2 saturated carbocycles. The molecule has 1 N–H and O–H groups in total. The fraction of sp³-hybridized carbons (Fsp3) is 0.625. The molecule has 0 radical (unpaired) electrons. The van der Waals surface area contributed by atoms with Gasteiger partial charge in [0.1, 0.15) is 5.82 Å². The highest BCUT2D eigenvalue weighted by Crippen LogP contribution is 2.60. The van der Waals surface area contributed by atoms with Crippen molar-refractivity contribution in [2.45, 2.75) is 45.6 Å². The van der Waals surface area contributed by atoms with Crippen molar-refractivity contribution < 1.29 is 9.50 Å².